The highest BCUT2D eigenvalue weighted by Crippen LogP contribution is 2.27. The van der Waals surface area contributed by atoms with Gasteiger partial charge in [-0.05, 0) is 36.2 Å². The molecule has 0 fully saturated rings. The lowest BCUT2D eigenvalue weighted by Gasteiger charge is -2.08. The van der Waals surface area contributed by atoms with Crippen molar-refractivity contribution in [3.05, 3.63) is 83.5 Å². The van der Waals surface area contributed by atoms with Crippen molar-refractivity contribution in [3.63, 3.8) is 0 Å². The van der Waals surface area contributed by atoms with Crippen LogP contribution in [0.15, 0.2) is 46.2 Å². The van der Waals surface area contributed by atoms with Gasteiger partial charge in [0.15, 0.2) is 5.13 Å². The summed E-state index contributed by atoms with van der Waals surface area (Å²) in [4.78, 5) is 48.6. The van der Waals surface area contributed by atoms with Crippen molar-refractivity contribution in [2.45, 2.75) is 26.3 Å². The normalized spacial score (nSPS) is 11.1. The van der Waals surface area contributed by atoms with E-state index in [2.05, 4.69) is 20.3 Å². The van der Waals surface area contributed by atoms with E-state index in [0.717, 1.165) is 10.4 Å². The van der Waals surface area contributed by atoms with Crippen LogP contribution >= 0.6 is 34.5 Å². The number of nitrogens with zero attached hydrogens (tertiary/aromatic N) is 3. The Morgan fingerprint density at radius 1 is 1.19 bits per heavy atom. The standard InChI is InChI=1S/C21H17Cl2N5O3S/c1-2-5-28-17-15(19(30)27-21(28)31)8-12(9-24-17)18(29)26-20-25-10-14(32-20)7-11-6-13(22)3-4-16(11)23/h3-4,6,8-10H,2,5,7H2,1H3,(H,25,26,29)(H,27,30,31). The molecule has 0 aliphatic carbocycles. The average Bonchev–Trinajstić information content (AvgIpc) is 3.20. The van der Waals surface area contributed by atoms with Crippen LogP contribution in [0, 0.1) is 0 Å². The zero-order valence-electron chi connectivity index (χ0n) is 16.8. The lowest BCUT2D eigenvalue weighted by Crippen LogP contribution is -2.31. The number of carbonyl (C=O) groups is 1. The number of amides is 1. The first kappa shape index (κ1) is 22.2. The van der Waals surface area contributed by atoms with Crippen LogP contribution < -0.4 is 16.6 Å². The van der Waals surface area contributed by atoms with Crippen molar-refractivity contribution in [1.82, 2.24) is 19.5 Å². The van der Waals surface area contributed by atoms with Crippen molar-refractivity contribution in [2.75, 3.05) is 5.32 Å². The number of halogens is 2. The van der Waals surface area contributed by atoms with Crippen molar-refractivity contribution in [2.24, 2.45) is 0 Å². The van der Waals surface area contributed by atoms with Crippen LogP contribution in [-0.2, 0) is 13.0 Å². The van der Waals surface area contributed by atoms with Gasteiger partial charge in [0.05, 0.1) is 10.9 Å². The van der Waals surface area contributed by atoms with Gasteiger partial charge in [0, 0.05) is 40.3 Å². The minimum atomic E-state index is -0.588. The Kier molecular flexibility index (Phi) is 6.40. The van der Waals surface area contributed by atoms with Crippen molar-refractivity contribution < 1.29 is 4.79 Å². The molecule has 0 aliphatic heterocycles. The first-order valence-corrected chi connectivity index (χ1v) is 11.3. The number of H-pyrrole nitrogens is 1. The second-order valence-corrected chi connectivity index (χ2v) is 8.96. The predicted molar refractivity (Wildman–Crippen MR) is 126 cm³/mol. The number of hydrogen-bond acceptors (Lipinski definition) is 6. The van der Waals surface area contributed by atoms with E-state index in [9.17, 15) is 14.4 Å². The highest BCUT2D eigenvalue weighted by Gasteiger charge is 2.15. The molecule has 0 spiro atoms. The first-order chi connectivity index (χ1) is 15.4. The quantitative estimate of drug-likeness (QED) is 0.423. The summed E-state index contributed by atoms with van der Waals surface area (Å²) in [6.45, 7) is 2.32. The molecule has 32 heavy (non-hydrogen) atoms. The highest BCUT2D eigenvalue weighted by molar-refractivity contribution is 7.15. The van der Waals surface area contributed by atoms with Crippen molar-refractivity contribution in [1.29, 1.82) is 0 Å². The molecule has 0 saturated carbocycles. The number of aromatic amines is 1. The number of anilines is 1. The smallest absolute Gasteiger partial charge is 0.298 e. The molecular formula is C21H17Cl2N5O3S. The lowest BCUT2D eigenvalue weighted by molar-refractivity contribution is 0.102. The molecule has 0 radical (unpaired) electrons. The summed E-state index contributed by atoms with van der Waals surface area (Å²) < 4.78 is 1.38. The van der Waals surface area contributed by atoms with Gasteiger partial charge in [-0.15, -0.1) is 11.3 Å². The van der Waals surface area contributed by atoms with Crippen LogP contribution in [0.5, 0.6) is 0 Å². The predicted octanol–water partition coefficient (Wildman–Crippen LogP) is 4.10. The molecule has 8 nitrogen and oxygen atoms in total. The molecule has 0 saturated heterocycles. The second kappa shape index (κ2) is 9.23. The number of pyridine rings is 1. The molecule has 4 rings (SSSR count). The number of hydrogen-bond donors (Lipinski definition) is 2. The average molecular weight is 490 g/mol. The number of carbonyl (C=O) groups excluding carboxylic acids is 1. The number of rotatable bonds is 6. The summed E-state index contributed by atoms with van der Waals surface area (Å²) in [6, 6.07) is 6.66. The Morgan fingerprint density at radius 3 is 2.78 bits per heavy atom. The fraction of sp³-hybridized carbons (Fsp3) is 0.190. The van der Waals surface area contributed by atoms with E-state index >= 15 is 0 Å². The highest BCUT2D eigenvalue weighted by atomic mass is 35.5. The molecule has 0 bridgehead atoms. The van der Waals surface area contributed by atoms with Crippen LogP contribution in [0.1, 0.15) is 34.1 Å². The molecule has 1 aromatic carbocycles. The summed E-state index contributed by atoms with van der Waals surface area (Å²) in [5.74, 6) is -0.464. The van der Waals surface area contributed by atoms with Crippen LogP contribution in [0.3, 0.4) is 0 Å². The van der Waals surface area contributed by atoms with Gasteiger partial charge < -0.3 is 0 Å². The largest absolute Gasteiger partial charge is 0.329 e. The Labute approximate surface area is 195 Å². The third-order valence-electron chi connectivity index (χ3n) is 4.69. The molecule has 3 aromatic heterocycles. The van der Waals surface area contributed by atoms with E-state index < -0.39 is 17.2 Å². The minimum absolute atomic E-state index is 0.168. The zero-order chi connectivity index (χ0) is 22.8. The molecule has 164 valence electrons. The maximum absolute atomic E-state index is 12.7. The van der Waals surface area contributed by atoms with E-state index in [0.29, 0.717) is 34.6 Å². The van der Waals surface area contributed by atoms with E-state index in [-0.39, 0.29) is 16.6 Å². The van der Waals surface area contributed by atoms with Crippen LogP contribution in [-0.4, -0.2) is 25.4 Å². The van der Waals surface area contributed by atoms with E-state index in [1.54, 1.807) is 24.4 Å². The molecule has 0 unspecified atom stereocenters. The number of fused-ring (bicyclic) bond motifs is 1. The number of thiazole rings is 1. The van der Waals surface area contributed by atoms with Gasteiger partial charge in [-0.2, -0.15) is 0 Å². The molecule has 11 heteroatoms. The third-order valence-corrected chi connectivity index (χ3v) is 6.21. The summed E-state index contributed by atoms with van der Waals surface area (Å²) in [5.41, 5.74) is 0.168. The first-order valence-electron chi connectivity index (χ1n) is 9.68. The van der Waals surface area contributed by atoms with Crippen molar-refractivity contribution in [3.8, 4) is 0 Å². The Morgan fingerprint density at radius 2 is 2.00 bits per heavy atom. The van der Waals surface area contributed by atoms with Gasteiger partial charge >= 0.3 is 5.69 Å². The molecular weight excluding hydrogens is 473 g/mol. The Bertz CT molecular complexity index is 1440. The Hall–Kier alpha value is -3.01. The van der Waals surface area contributed by atoms with Crippen LogP contribution in [0.2, 0.25) is 10.0 Å². The van der Waals surface area contributed by atoms with Gasteiger partial charge in [-0.3, -0.25) is 24.5 Å². The molecule has 2 N–H and O–H groups in total. The molecule has 1 amide bonds. The van der Waals surface area contributed by atoms with Gasteiger partial charge in [0.2, 0.25) is 0 Å². The second-order valence-electron chi connectivity index (χ2n) is 7.00. The van der Waals surface area contributed by atoms with E-state index in [1.165, 1.54) is 28.2 Å². The van der Waals surface area contributed by atoms with Gasteiger partial charge in [-0.1, -0.05) is 30.1 Å². The van der Waals surface area contributed by atoms with Gasteiger partial charge in [-0.25, -0.2) is 14.8 Å². The van der Waals surface area contributed by atoms with Crippen LogP contribution in [0.25, 0.3) is 11.0 Å². The third kappa shape index (κ3) is 4.59. The zero-order valence-corrected chi connectivity index (χ0v) is 19.1. The number of aromatic nitrogens is 4. The summed E-state index contributed by atoms with van der Waals surface area (Å²) in [7, 11) is 0. The minimum Gasteiger partial charge on any atom is -0.298 e. The monoisotopic (exact) mass is 489 g/mol. The number of aryl methyl sites for hydroxylation is 1. The molecule has 0 atom stereocenters. The van der Waals surface area contributed by atoms with Crippen molar-refractivity contribution >= 4 is 56.6 Å². The molecule has 3 heterocycles. The SMILES string of the molecule is CCCn1c(=O)[nH]c(=O)c2cc(C(=O)Nc3ncc(Cc4cc(Cl)ccc4Cl)s3)cnc21. The van der Waals surface area contributed by atoms with Gasteiger partial charge in [0.1, 0.15) is 5.65 Å². The maximum atomic E-state index is 12.7. The number of nitrogens with one attached hydrogen (secondary N) is 2. The van der Waals surface area contributed by atoms with Crippen LogP contribution in [0.4, 0.5) is 5.13 Å². The van der Waals surface area contributed by atoms with E-state index in [4.69, 9.17) is 23.2 Å². The Balaban J connectivity index is 1.56. The fourth-order valence-electron chi connectivity index (χ4n) is 3.21. The fourth-order valence-corrected chi connectivity index (χ4v) is 4.42. The topological polar surface area (TPSA) is 110 Å². The summed E-state index contributed by atoms with van der Waals surface area (Å²) >= 11 is 13.6. The molecule has 0 aliphatic rings. The number of benzene rings is 1. The van der Waals surface area contributed by atoms with Gasteiger partial charge in [0.25, 0.3) is 11.5 Å². The molecule has 4 aromatic rings. The summed E-state index contributed by atoms with van der Waals surface area (Å²) in [5, 5.41) is 4.47. The lowest BCUT2D eigenvalue weighted by atomic mass is 10.1. The summed E-state index contributed by atoms with van der Waals surface area (Å²) in [6.07, 6.45) is 4.21. The maximum Gasteiger partial charge on any atom is 0.329 e. The van der Waals surface area contributed by atoms with E-state index in [1.807, 2.05) is 6.92 Å².